The average molecular weight is 529 g/mol. The van der Waals surface area contributed by atoms with E-state index in [1.165, 1.54) is 43.2 Å². The molecule has 1 amide bonds. The molecule has 0 aliphatic carbocycles. The molecule has 3 rings (SSSR count). The fraction of sp³-hybridized carbons (Fsp3) is 0.296. The topological polar surface area (TPSA) is 118 Å². The van der Waals surface area contributed by atoms with Crippen molar-refractivity contribution in [2.75, 3.05) is 31.8 Å². The fourth-order valence-corrected chi connectivity index (χ4v) is 4.24. The molecule has 8 nitrogen and oxygen atoms in total. The van der Waals surface area contributed by atoms with Crippen LogP contribution >= 0.6 is 0 Å². The number of carbonyl (C=O) groups excluding carboxylic acids is 2. The normalized spacial score (nSPS) is 15.8. The molecule has 0 bridgehead atoms. The number of esters is 1. The Bertz CT molecular complexity index is 1310. The van der Waals surface area contributed by atoms with Crippen molar-refractivity contribution < 1.29 is 32.2 Å². The van der Waals surface area contributed by atoms with Crippen molar-refractivity contribution in [1.82, 2.24) is 5.32 Å². The number of allylic oxidation sites excluding steroid dienone is 1. The van der Waals surface area contributed by atoms with Gasteiger partial charge in [-0.15, -0.1) is 0 Å². The Kier molecular flexibility index (Phi) is 8.80. The summed E-state index contributed by atoms with van der Waals surface area (Å²) in [5.74, 6) is -2.57. The second-order valence-corrected chi connectivity index (χ2v) is 8.32. The predicted molar refractivity (Wildman–Crippen MR) is 133 cm³/mol. The van der Waals surface area contributed by atoms with E-state index in [2.05, 4.69) is 5.32 Å². The van der Waals surface area contributed by atoms with Crippen LogP contribution in [-0.4, -0.2) is 38.7 Å². The first-order valence-corrected chi connectivity index (χ1v) is 11.7. The number of carbonyl (C=O) groups is 2. The largest absolute Gasteiger partial charge is 0.463 e. The van der Waals surface area contributed by atoms with Crippen molar-refractivity contribution >= 4 is 17.6 Å². The van der Waals surface area contributed by atoms with Gasteiger partial charge in [0.05, 0.1) is 47.5 Å². The highest BCUT2D eigenvalue weighted by atomic mass is 19.4. The van der Waals surface area contributed by atoms with E-state index in [4.69, 9.17) is 15.2 Å². The summed E-state index contributed by atoms with van der Waals surface area (Å²) in [5, 5.41) is 11.9. The van der Waals surface area contributed by atoms with E-state index >= 15 is 0 Å². The number of benzene rings is 2. The number of nitriles is 1. The highest BCUT2D eigenvalue weighted by Gasteiger charge is 2.41. The highest BCUT2D eigenvalue weighted by Crippen LogP contribution is 2.44. The number of nitrogens with one attached hydrogen (secondary N) is 1. The molecule has 0 aromatic heterocycles. The first-order chi connectivity index (χ1) is 18.0. The fourth-order valence-electron chi connectivity index (χ4n) is 4.24. The lowest BCUT2D eigenvalue weighted by Gasteiger charge is -2.37. The van der Waals surface area contributed by atoms with Crippen molar-refractivity contribution in [2.24, 2.45) is 5.73 Å². The zero-order valence-electron chi connectivity index (χ0n) is 21.1. The van der Waals surface area contributed by atoms with Crippen LogP contribution in [0.15, 0.2) is 71.2 Å². The molecular weight excluding hydrogens is 501 g/mol. The minimum Gasteiger partial charge on any atom is -0.463 e. The number of ether oxygens (including phenoxy) is 2. The molecule has 0 fully saturated rings. The third-order valence-corrected chi connectivity index (χ3v) is 5.96. The Morgan fingerprint density at radius 3 is 2.42 bits per heavy atom. The number of methoxy groups -OCH3 is 1. The summed E-state index contributed by atoms with van der Waals surface area (Å²) in [6.07, 6.45) is -4.63. The SMILES string of the molecule is CCOC(=O)C1=C(C)N(c2cccc(C(F)(F)F)c2)C(N)=C(C(=O)NCCOC)C1c1ccc(C#N)cc1. The maximum Gasteiger partial charge on any atom is 0.416 e. The van der Waals surface area contributed by atoms with Crippen LogP contribution in [0.3, 0.4) is 0 Å². The molecular formula is C27H27F3N4O4. The summed E-state index contributed by atoms with van der Waals surface area (Å²) >= 11 is 0. The summed E-state index contributed by atoms with van der Waals surface area (Å²) in [5.41, 5.74) is 6.60. The van der Waals surface area contributed by atoms with Crippen molar-refractivity contribution in [3.63, 3.8) is 0 Å². The Hall–Kier alpha value is -4.30. The smallest absolute Gasteiger partial charge is 0.416 e. The average Bonchev–Trinajstić information content (AvgIpc) is 2.88. The molecule has 2 aromatic rings. The van der Waals surface area contributed by atoms with Gasteiger partial charge in [-0.3, -0.25) is 4.79 Å². The second-order valence-electron chi connectivity index (χ2n) is 8.32. The highest BCUT2D eigenvalue weighted by molar-refractivity contribution is 6.03. The first kappa shape index (κ1) is 28.3. The molecule has 38 heavy (non-hydrogen) atoms. The lowest BCUT2D eigenvalue weighted by atomic mass is 9.80. The van der Waals surface area contributed by atoms with Crippen LogP contribution < -0.4 is 16.0 Å². The van der Waals surface area contributed by atoms with Gasteiger partial charge in [-0.2, -0.15) is 18.4 Å². The number of rotatable bonds is 8. The van der Waals surface area contributed by atoms with Gasteiger partial charge in [-0.05, 0) is 49.7 Å². The van der Waals surface area contributed by atoms with Gasteiger partial charge in [0.2, 0.25) is 0 Å². The molecule has 200 valence electrons. The lowest BCUT2D eigenvalue weighted by Crippen LogP contribution is -2.42. The number of anilines is 1. The number of hydrogen-bond acceptors (Lipinski definition) is 7. The third-order valence-electron chi connectivity index (χ3n) is 5.96. The molecule has 0 radical (unpaired) electrons. The van der Waals surface area contributed by atoms with E-state index in [9.17, 15) is 28.0 Å². The van der Waals surface area contributed by atoms with Crippen LogP contribution in [0.25, 0.3) is 0 Å². The van der Waals surface area contributed by atoms with Crippen molar-refractivity contribution in [3.8, 4) is 6.07 Å². The molecule has 1 aliphatic rings. The Balaban J connectivity index is 2.30. The summed E-state index contributed by atoms with van der Waals surface area (Å²) in [7, 11) is 1.46. The van der Waals surface area contributed by atoms with Crippen LogP contribution in [0.2, 0.25) is 0 Å². The molecule has 1 atom stereocenters. The molecule has 1 unspecified atom stereocenters. The molecule has 1 heterocycles. The first-order valence-electron chi connectivity index (χ1n) is 11.7. The van der Waals surface area contributed by atoms with Gasteiger partial charge in [0.25, 0.3) is 5.91 Å². The zero-order chi connectivity index (χ0) is 28.0. The van der Waals surface area contributed by atoms with Gasteiger partial charge in [0.15, 0.2) is 0 Å². The Morgan fingerprint density at radius 2 is 1.84 bits per heavy atom. The monoisotopic (exact) mass is 528 g/mol. The molecule has 0 spiro atoms. The number of alkyl halides is 3. The van der Waals surface area contributed by atoms with Crippen LogP contribution in [0, 0.1) is 11.3 Å². The minimum absolute atomic E-state index is 0.0112. The van der Waals surface area contributed by atoms with Gasteiger partial charge in [-0.25, -0.2) is 4.79 Å². The Morgan fingerprint density at radius 1 is 1.16 bits per heavy atom. The number of hydrogen-bond donors (Lipinski definition) is 2. The minimum atomic E-state index is -4.63. The molecule has 2 aromatic carbocycles. The molecule has 11 heteroatoms. The van der Waals surface area contributed by atoms with Gasteiger partial charge in [-0.1, -0.05) is 18.2 Å². The van der Waals surface area contributed by atoms with Crippen molar-refractivity contribution in [1.29, 1.82) is 5.26 Å². The second kappa shape index (κ2) is 11.8. The maximum absolute atomic E-state index is 13.5. The van der Waals surface area contributed by atoms with Crippen molar-refractivity contribution in [2.45, 2.75) is 25.9 Å². The van der Waals surface area contributed by atoms with Gasteiger partial charge < -0.3 is 25.4 Å². The summed E-state index contributed by atoms with van der Waals surface area (Å²) in [6.45, 7) is 3.47. The molecule has 3 N–H and O–H groups in total. The zero-order valence-corrected chi connectivity index (χ0v) is 21.1. The Labute approximate surface area is 218 Å². The van der Waals surface area contributed by atoms with E-state index in [1.807, 2.05) is 6.07 Å². The number of nitrogens with zero attached hydrogens (tertiary/aromatic N) is 2. The van der Waals surface area contributed by atoms with Crippen LogP contribution in [0.1, 0.15) is 36.5 Å². The van der Waals surface area contributed by atoms with Crippen molar-refractivity contribution in [3.05, 3.63) is 87.9 Å². The third kappa shape index (κ3) is 5.81. The van der Waals surface area contributed by atoms with Crippen LogP contribution in [-0.2, 0) is 25.2 Å². The summed E-state index contributed by atoms with van der Waals surface area (Å²) in [6, 6.07) is 12.7. The standard InChI is InChI=1S/C27H27F3N4O4/c1-4-38-26(36)21-16(2)34(20-7-5-6-19(14-20)27(28,29)30)24(32)23(25(35)33-12-13-37-3)22(21)18-10-8-17(15-31)9-11-18/h5-11,14,22H,4,12-13,32H2,1-3H3,(H,33,35). The van der Waals surface area contributed by atoms with E-state index in [1.54, 1.807) is 19.1 Å². The van der Waals surface area contributed by atoms with E-state index in [0.717, 1.165) is 12.1 Å². The maximum atomic E-state index is 13.5. The quantitative estimate of drug-likeness (QED) is 0.394. The predicted octanol–water partition coefficient (Wildman–Crippen LogP) is 3.95. The van der Waals surface area contributed by atoms with E-state index in [0.29, 0.717) is 11.1 Å². The van der Waals surface area contributed by atoms with Gasteiger partial charge in [0, 0.05) is 25.0 Å². The van der Waals surface area contributed by atoms with E-state index in [-0.39, 0.29) is 48.1 Å². The number of nitrogens with two attached hydrogens (primary N) is 1. The van der Waals surface area contributed by atoms with Gasteiger partial charge >= 0.3 is 12.1 Å². The van der Waals surface area contributed by atoms with Gasteiger partial charge in [0.1, 0.15) is 5.82 Å². The number of halogens is 3. The molecule has 0 saturated heterocycles. The molecule has 0 saturated carbocycles. The van der Waals surface area contributed by atoms with Crippen LogP contribution in [0.5, 0.6) is 0 Å². The number of amides is 1. The summed E-state index contributed by atoms with van der Waals surface area (Å²) < 4.78 is 50.8. The van der Waals surface area contributed by atoms with E-state index < -0.39 is 29.5 Å². The van der Waals surface area contributed by atoms with Crippen LogP contribution in [0.4, 0.5) is 18.9 Å². The summed E-state index contributed by atoms with van der Waals surface area (Å²) in [4.78, 5) is 28.0. The lowest BCUT2D eigenvalue weighted by molar-refractivity contribution is -0.139. The molecule has 1 aliphatic heterocycles.